The number of nitrogens with zero attached hydrogens (tertiary/aromatic N) is 6. The molecule has 0 radical (unpaired) electrons. The van der Waals surface area contributed by atoms with Gasteiger partial charge in [-0.05, 0) is 31.0 Å². The predicted molar refractivity (Wildman–Crippen MR) is 124 cm³/mol. The number of benzene rings is 1. The Morgan fingerprint density at radius 2 is 2.12 bits per heavy atom. The van der Waals surface area contributed by atoms with Crippen LogP contribution in [-0.2, 0) is 0 Å². The van der Waals surface area contributed by atoms with Gasteiger partial charge in [-0.3, -0.25) is 4.68 Å². The number of hydrogen-bond acceptors (Lipinski definition) is 7. The van der Waals surface area contributed by atoms with Gasteiger partial charge < -0.3 is 20.4 Å². The summed E-state index contributed by atoms with van der Waals surface area (Å²) in [7, 11) is 0. The smallest absolute Gasteiger partial charge is 0.141 e. The number of aromatic amines is 1. The normalized spacial score (nSPS) is 15.9. The van der Waals surface area contributed by atoms with Crippen LogP contribution in [0.4, 0.5) is 4.39 Å². The molecule has 4 heterocycles. The number of nitriles is 1. The van der Waals surface area contributed by atoms with Crippen molar-refractivity contribution in [1.29, 1.82) is 5.26 Å². The minimum absolute atomic E-state index is 0.0150. The fourth-order valence-electron chi connectivity index (χ4n) is 4.42. The molecule has 0 bridgehead atoms. The molecule has 1 aromatic carbocycles. The number of piperidine rings is 1. The van der Waals surface area contributed by atoms with E-state index in [-0.39, 0.29) is 17.7 Å². The zero-order valence-corrected chi connectivity index (χ0v) is 18.6. The number of rotatable bonds is 7. The SMILES string of the molecule is N#Cc1cc(F)cc(OC2CCN(CC(CN)n3cc(-c4ncnc5[nH]ccc45)cn3)CC2)c1. The maximum Gasteiger partial charge on any atom is 0.141 e. The molecule has 4 aromatic rings. The Bertz CT molecular complexity index is 1320. The van der Waals surface area contributed by atoms with Crippen LogP contribution in [0, 0.1) is 17.1 Å². The third-order valence-corrected chi connectivity index (χ3v) is 6.18. The zero-order valence-electron chi connectivity index (χ0n) is 18.6. The highest BCUT2D eigenvalue weighted by atomic mass is 19.1. The Morgan fingerprint density at radius 3 is 2.91 bits per heavy atom. The van der Waals surface area contributed by atoms with Crippen molar-refractivity contribution in [1.82, 2.24) is 29.6 Å². The van der Waals surface area contributed by atoms with E-state index in [0.717, 1.165) is 54.8 Å². The van der Waals surface area contributed by atoms with E-state index >= 15 is 0 Å². The van der Waals surface area contributed by atoms with Gasteiger partial charge >= 0.3 is 0 Å². The quantitative estimate of drug-likeness (QED) is 0.435. The Balaban J connectivity index is 1.20. The zero-order chi connectivity index (χ0) is 23.5. The lowest BCUT2D eigenvalue weighted by molar-refractivity contribution is 0.0913. The first kappa shape index (κ1) is 22.0. The molecule has 3 aromatic heterocycles. The van der Waals surface area contributed by atoms with E-state index in [1.165, 1.54) is 12.1 Å². The highest BCUT2D eigenvalue weighted by molar-refractivity contribution is 5.89. The van der Waals surface area contributed by atoms with Gasteiger partial charge in [-0.2, -0.15) is 10.4 Å². The van der Waals surface area contributed by atoms with Gasteiger partial charge in [-0.25, -0.2) is 14.4 Å². The lowest BCUT2D eigenvalue weighted by Crippen LogP contribution is -2.42. The minimum atomic E-state index is -0.463. The molecule has 1 aliphatic rings. The topological polar surface area (TPSA) is 122 Å². The molecule has 1 saturated heterocycles. The first-order chi connectivity index (χ1) is 16.6. The first-order valence-corrected chi connectivity index (χ1v) is 11.3. The van der Waals surface area contributed by atoms with E-state index in [0.29, 0.717) is 12.3 Å². The van der Waals surface area contributed by atoms with E-state index in [1.54, 1.807) is 12.4 Å². The Labute approximate surface area is 196 Å². The van der Waals surface area contributed by atoms with E-state index in [1.807, 2.05) is 35.4 Å². The molecule has 1 fully saturated rings. The van der Waals surface area contributed by atoms with Crippen molar-refractivity contribution >= 4 is 11.0 Å². The third-order valence-electron chi connectivity index (χ3n) is 6.18. The molecule has 34 heavy (non-hydrogen) atoms. The van der Waals surface area contributed by atoms with Crippen molar-refractivity contribution in [3.8, 4) is 23.1 Å². The lowest BCUT2D eigenvalue weighted by Gasteiger charge is -2.34. The lowest BCUT2D eigenvalue weighted by atomic mass is 10.1. The summed E-state index contributed by atoms with van der Waals surface area (Å²) in [4.78, 5) is 14.1. The van der Waals surface area contributed by atoms with Crippen molar-refractivity contribution in [2.45, 2.75) is 25.0 Å². The molecule has 3 N–H and O–H groups in total. The van der Waals surface area contributed by atoms with Crippen LogP contribution in [0.2, 0.25) is 0 Å². The van der Waals surface area contributed by atoms with Crippen LogP contribution in [0.25, 0.3) is 22.3 Å². The Hall–Kier alpha value is -3.81. The first-order valence-electron chi connectivity index (χ1n) is 11.3. The van der Waals surface area contributed by atoms with Crippen molar-refractivity contribution in [3.63, 3.8) is 0 Å². The van der Waals surface area contributed by atoms with E-state index in [4.69, 9.17) is 15.7 Å². The molecule has 9 nitrogen and oxygen atoms in total. The van der Waals surface area contributed by atoms with Gasteiger partial charge in [0.25, 0.3) is 0 Å². The number of hydrogen-bond donors (Lipinski definition) is 2. The van der Waals surface area contributed by atoms with Gasteiger partial charge in [0.05, 0.1) is 29.6 Å². The number of fused-ring (bicyclic) bond motifs is 1. The predicted octanol–water partition coefficient (Wildman–Crippen LogP) is 2.88. The summed E-state index contributed by atoms with van der Waals surface area (Å²) in [5.41, 5.74) is 8.92. The minimum Gasteiger partial charge on any atom is -0.490 e. The van der Waals surface area contributed by atoms with Crippen molar-refractivity contribution in [2.24, 2.45) is 5.73 Å². The van der Waals surface area contributed by atoms with Crippen LogP contribution in [0.3, 0.4) is 0 Å². The van der Waals surface area contributed by atoms with Gasteiger partial charge in [0.15, 0.2) is 0 Å². The fraction of sp³-hybridized carbons (Fsp3) is 0.333. The highest BCUT2D eigenvalue weighted by Gasteiger charge is 2.24. The van der Waals surface area contributed by atoms with Gasteiger partial charge in [0, 0.05) is 55.6 Å². The molecular formula is C24H25FN8O. The second kappa shape index (κ2) is 9.59. The van der Waals surface area contributed by atoms with Crippen LogP contribution in [-0.4, -0.2) is 61.9 Å². The van der Waals surface area contributed by atoms with Gasteiger partial charge in [0.1, 0.15) is 29.6 Å². The third kappa shape index (κ3) is 4.62. The molecule has 0 saturated carbocycles. The summed E-state index contributed by atoms with van der Waals surface area (Å²) < 4.78 is 21.5. The summed E-state index contributed by atoms with van der Waals surface area (Å²) in [5.74, 6) is -0.0600. The molecule has 0 spiro atoms. The van der Waals surface area contributed by atoms with E-state index in [9.17, 15) is 4.39 Å². The summed E-state index contributed by atoms with van der Waals surface area (Å²) in [6.45, 7) is 2.91. The number of aromatic nitrogens is 5. The highest BCUT2D eigenvalue weighted by Crippen LogP contribution is 2.26. The van der Waals surface area contributed by atoms with Crippen molar-refractivity contribution < 1.29 is 9.13 Å². The molecule has 5 rings (SSSR count). The monoisotopic (exact) mass is 460 g/mol. The maximum absolute atomic E-state index is 13.7. The van der Waals surface area contributed by atoms with Crippen LogP contribution in [0.5, 0.6) is 5.75 Å². The second-order valence-electron chi connectivity index (χ2n) is 8.47. The molecule has 174 valence electrons. The molecule has 1 unspecified atom stereocenters. The Kier molecular flexibility index (Phi) is 6.20. The Morgan fingerprint density at radius 1 is 1.26 bits per heavy atom. The summed E-state index contributed by atoms with van der Waals surface area (Å²) in [5, 5.41) is 14.5. The van der Waals surface area contributed by atoms with E-state index < -0.39 is 5.82 Å². The number of nitrogens with one attached hydrogen (secondary N) is 1. The second-order valence-corrected chi connectivity index (χ2v) is 8.47. The molecule has 0 amide bonds. The van der Waals surface area contributed by atoms with Crippen molar-refractivity contribution in [2.75, 3.05) is 26.2 Å². The van der Waals surface area contributed by atoms with Crippen LogP contribution >= 0.6 is 0 Å². The number of likely N-dealkylation sites (tertiary alicyclic amines) is 1. The van der Waals surface area contributed by atoms with Gasteiger partial charge in [-0.1, -0.05) is 0 Å². The largest absolute Gasteiger partial charge is 0.490 e. The molecule has 1 aliphatic heterocycles. The number of H-pyrrole nitrogens is 1. The van der Waals surface area contributed by atoms with Crippen molar-refractivity contribution in [3.05, 3.63) is 60.6 Å². The number of halogens is 1. The average Bonchev–Trinajstić information content (AvgIpc) is 3.53. The molecular weight excluding hydrogens is 435 g/mol. The van der Waals surface area contributed by atoms with Crippen LogP contribution in [0.15, 0.2) is 49.2 Å². The molecule has 10 heteroatoms. The number of nitrogens with two attached hydrogens (primary N) is 1. The number of ether oxygens (including phenoxy) is 1. The molecule has 1 atom stereocenters. The summed E-state index contributed by atoms with van der Waals surface area (Å²) >= 11 is 0. The van der Waals surface area contributed by atoms with E-state index in [2.05, 4.69) is 25.0 Å². The summed E-state index contributed by atoms with van der Waals surface area (Å²) in [6.07, 6.45) is 8.80. The fourth-order valence-corrected chi connectivity index (χ4v) is 4.42. The van der Waals surface area contributed by atoms with Crippen LogP contribution < -0.4 is 10.5 Å². The van der Waals surface area contributed by atoms with Gasteiger partial charge in [-0.15, -0.1) is 0 Å². The molecule has 0 aliphatic carbocycles. The standard InChI is InChI=1S/C24H25FN8O/c25-18-7-16(10-26)8-21(9-18)34-20-2-5-32(6-3-20)14-19(11-27)33-13-17(12-31-33)23-22-1-4-28-24(22)30-15-29-23/h1,4,7-9,12-13,15,19-20H,2-3,5-6,11,14,27H2,(H,28,29,30). The van der Waals surface area contributed by atoms with Crippen LogP contribution in [0.1, 0.15) is 24.4 Å². The average molecular weight is 461 g/mol. The van der Waals surface area contributed by atoms with Gasteiger partial charge in [0.2, 0.25) is 0 Å². The summed E-state index contributed by atoms with van der Waals surface area (Å²) in [6, 6.07) is 8.05. The maximum atomic E-state index is 13.7.